The molecule has 2 aromatic carbocycles. The number of amides is 1. The van der Waals surface area contributed by atoms with Crippen molar-refractivity contribution in [3.8, 4) is 5.75 Å². The molecule has 1 aliphatic heterocycles. The fourth-order valence-corrected chi connectivity index (χ4v) is 4.29. The maximum Gasteiger partial charge on any atom is 0.223 e. The van der Waals surface area contributed by atoms with Gasteiger partial charge in [-0.25, -0.2) is 4.98 Å². The standard InChI is InChI=1S/C20H21N3O2S/c24-17-7-3-2-6-16(17)22-11-13-23(14-12-22)20(25)10-9-19-21-15-5-1-4-8-18(15)26-19/h1-8,24H,9-14H2. The van der Waals surface area contributed by atoms with Crippen molar-refractivity contribution >= 4 is 33.1 Å². The number of fused-ring (bicyclic) bond motifs is 1. The highest BCUT2D eigenvalue weighted by Gasteiger charge is 2.22. The molecule has 0 aliphatic carbocycles. The van der Waals surface area contributed by atoms with Gasteiger partial charge < -0.3 is 14.9 Å². The number of carbonyl (C=O) groups is 1. The molecule has 0 saturated carbocycles. The molecule has 1 fully saturated rings. The quantitative estimate of drug-likeness (QED) is 0.769. The molecule has 134 valence electrons. The van der Waals surface area contributed by atoms with Crippen LogP contribution in [0.5, 0.6) is 5.75 Å². The predicted molar refractivity (Wildman–Crippen MR) is 105 cm³/mol. The monoisotopic (exact) mass is 367 g/mol. The second-order valence-electron chi connectivity index (χ2n) is 6.43. The maximum absolute atomic E-state index is 12.5. The van der Waals surface area contributed by atoms with Crippen LogP contribution in [0, 0.1) is 0 Å². The zero-order valence-corrected chi connectivity index (χ0v) is 15.3. The molecule has 0 atom stereocenters. The Balaban J connectivity index is 1.31. The first-order valence-corrected chi connectivity index (χ1v) is 9.67. The van der Waals surface area contributed by atoms with E-state index in [2.05, 4.69) is 16.0 Å². The van der Waals surface area contributed by atoms with Gasteiger partial charge in [0.05, 0.1) is 20.9 Å². The summed E-state index contributed by atoms with van der Waals surface area (Å²) in [6.45, 7) is 2.86. The molecular weight excluding hydrogens is 346 g/mol. The summed E-state index contributed by atoms with van der Waals surface area (Å²) in [7, 11) is 0. The highest BCUT2D eigenvalue weighted by molar-refractivity contribution is 7.18. The number of rotatable bonds is 4. The molecule has 1 N–H and O–H groups in total. The van der Waals surface area contributed by atoms with E-state index in [0.29, 0.717) is 31.7 Å². The van der Waals surface area contributed by atoms with Crippen LogP contribution in [0.15, 0.2) is 48.5 Å². The third-order valence-electron chi connectivity index (χ3n) is 4.75. The van der Waals surface area contributed by atoms with Gasteiger partial charge in [-0.2, -0.15) is 0 Å². The molecule has 26 heavy (non-hydrogen) atoms. The number of hydrogen-bond donors (Lipinski definition) is 1. The van der Waals surface area contributed by atoms with Gasteiger partial charge in [0.1, 0.15) is 5.75 Å². The summed E-state index contributed by atoms with van der Waals surface area (Å²) in [6.07, 6.45) is 1.19. The van der Waals surface area contributed by atoms with Gasteiger partial charge in [0, 0.05) is 39.0 Å². The Morgan fingerprint density at radius 3 is 2.54 bits per heavy atom. The van der Waals surface area contributed by atoms with Crippen molar-refractivity contribution in [3.63, 3.8) is 0 Å². The van der Waals surface area contributed by atoms with E-state index in [1.54, 1.807) is 17.4 Å². The third-order valence-corrected chi connectivity index (χ3v) is 5.84. The SMILES string of the molecule is O=C(CCc1nc2ccccc2s1)N1CCN(c2ccccc2O)CC1. The number of aromatic nitrogens is 1. The minimum Gasteiger partial charge on any atom is -0.506 e. The van der Waals surface area contributed by atoms with Gasteiger partial charge in [-0.15, -0.1) is 11.3 Å². The number of piperazine rings is 1. The summed E-state index contributed by atoms with van der Waals surface area (Å²) in [6, 6.07) is 15.4. The van der Waals surface area contributed by atoms with Gasteiger partial charge in [0.2, 0.25) is 5.91 Å². The van der Waals surface area contributed by atoms with E-state index >= 15 is 0 Å². The van der Waals surface area contributed by atoms with E-state index in [9.17, 15) is 9.90 Å². The lowest BCUT2D eigenvalue weighted by Crippen LogP contribution is -2.48. The first kappa shape index (κ1) is 16.8. The van der Waals surface area contributed by atoms with Gasteiger partial charge in [-0.05, 0) is 24.3 Å². The minimum absolute atomic E-state index is 0.182. The number of phenolic OH excluding ortho intramolecular Hbond substituents is 1. The molecule has 5 nitrogen and oxygen atoms in total. The van der Waals surface area contributed by atoms with Crippen LogP contribution in [-0.2, 0) is 11.2 Å². The van der Waals surface area contributed by atoms with Gasteiger partial charge >= 0.3 is 0 Å². The zero-order chi connectivity index (χ0) is 17.9. The molecule has 2 heterocycles. The highest BCUT2D eigenvalue weighted by Crippen LogP contribution is 2.27. The van der Waals surface area contributed by atoms with Crippen molar-refractivity contribution in [2.24, 2.45) is 0 Å². The summed E-state index contributed by atoms with van der Waals surface area (Å²) < 4.78 is 1.17. The number of aryl methyl sites for hydroxylation is 1. The lowest BCUT2D eigenvalue weighted by atomic mass is 10.2. The Kier molecular flexibility index (Phi) is 4.75. The van der Waals surface area contributed by atoms with E-state index < -0.39 is 0 Å². The summed E-state index contributed by atoms with van der Waals surface area (Å²) >= 11 is 1.67. The Hall–Kier alpha value is -2.60. The number of carbonyl (C=O) groups excluding carboxylic acids is 1. The van der Waals surface area contributed by atoms with Crippen LogP contribution in [0.3, 0.4) is 0 Å². The molecule has 1 amide bonds. The number of aromatic hydroxyl groups is 1. The largest absolute Gasteiger partial charge is 0.506 e. The van der Waals surface area contributed by atoms with Crippen molar-refractivity contribution < 1.29 is 9.90 Å². The molecule has 0 spiro atoms. The normalized spacial score (nSPS) is 14.8. The van der Waals surface area contributed by atoms with Crippen LogP contribution in [0.1, 0.15) is 11.4 Å². The smallest absolute Gasteiger partial charge is 0.223 e. The molecule has 4 rings (SSSR count). The number of hydrogen-bond acceptors (Lipinski definition) is 5. The van der Waals surface area contributed by atoms with E-state index in [0.717, 1.165) is 29.3 Å². The second kappa shape index (κ2) is 7.33. The lowest BCUT2D eigenvalue weighted by molar-refractivity contribution is -0.131. The van der Waals surface area contributed by atoms with E-state index in [1.165, 1.54) is 4.70 Å². The Labute approximate surface area is 156 Å². The number of phenols is 1. The summed E-state index contributed by atoms with van der Waals surface area (Å²) in [5.41, 5.74) is 1.85. The zero-order valence-electron chi connectivity index (χ0n) is 14.5. The summed E-state index contributed by atoms with van der Waals surface area (Å²) in [5.74, 6) is 0.476. The molecule has 1 aromatic heterocycles. The van der Waals surface area contributed by atoms with Crippen LogP contribution >= 0.6 is 11.3 Å². The van der Waals surface area contributed by atoms with Crippen LogP contribution in [-0.4, -0.2) is 47.1 Å². The van der Waals surface area contributed by atoms with Crippen molar-refractivity contribution in [1.82, 2.24) is 9.88 Å². The summed E-state index contributed by atoms with van der Waals surface area (Å²) in [5, 5.41) is 11.0. The molecular formula is C20H21N3O2S. The molecule has 1 aliphatic rings. The number of anilines is 1. The van der Waals surface area contributed by atoms with Crippen LogP contribution in [0.4, 0.5) is 5.69 Å². The summed E-state index contributed by atoms with van der Waals surface area (Å²) in [4.78, 5) is 21.2. The Morgan fingerprint density at radius 2 is 1.77 bits per heavy atom. The third kappa shape index (κ3) is 3.51. The molecule has 6 heteroatoms. The van der Waals surface area contributed by atoms with Crippen LogP contribution in [0.2, 0.25) is 0 Å². The second-order valence-corrected chi connectivity index (χ2v) is 7.55. The van der Waals surface area contributed by atoms with Gasteiger partial charge in [-0.1, -0.05) is 24.3 Å². The van der Waals surface area contributed by atoms with Crippen LogP contribution < -0.4 is 4.90 Å². The van der Waals surface area contributed by atoms with Crippen molar-refractivity contribution in [1.29, 1.82) is 0 Å². The molecule has 0 unspecified atom stereocenters. The van der Waals surface area contributed by atoms with Crippen LogP contribution in [0.25, 0.3) is 10.2 Å². The number of thiazole rings is 1. The predicted octanol–water partition coefficient (Wildman–Crippen LogP) is 3.28. The maximum atomic E-state index is 12.5. The highest BCUT2D eigenvalue weighted by atomic mass is 32.1. The Bertz CT molecular complexity index is 883. The number of nitrogens with zero attached hydrogens (tertiary/aromatic N) is 3. The fraction of sp³-hybridized carbons (Fsp3) is 0.300. The van der Waals surface area contributed by atoms with E-state index in [1.807, 2.05) is 41.3 Å². The number of para-hydroxylation sites is 3. The average molecular weight is 367 g/mol. The minimum atomic E-state index is 0.182. The van der Waals surface area contributed by atoms with Crippen molar-refractivity contribution in [2.75, 3.05) is 31.1 Å². The van der Waals surface area contributed by atoms with Crippen molar-refractivity contribution in [3.05, 3.63) is 53.5 Å². The molecule has 0 radical (unpaired) electrons. The molecule has 0 bridgehead atoms. The lowest BCUT2D eigenvalue weighted by Gasteiger charge is -2.36. The van der Waals surface area contributed by atoms with Gasteiger partial charge in [0.15, 0.2) is 0 Å². The first-order chi connectivity index (χ1) is 12.7. The van der Waals surface area contributed by atoms with Crippen molar-refractivity contribution in [2.45, 2.75) is 12.8 Å². The fourth-order valence-electron chi connectivity index (χ4n) is 3.33. The van der Waals surface area contributed by atoms with Gasteiger partial charge in [-0.3, -0.25) is 4.79 Å². The Morgan fingerprint density at radius 1 is 1.04 bits per heavy atom. The number of benzene rings is 2. The van der Waals surface area contributed by atoms with Gasteiger partial charge in [0.25, 0.3) is 0 Å². The molecule has 1 saturated heterocycles. The van der Waals surface area contributed by atoms with E-state index in [-0.39, 0.29) is 5.91 Å². The first-order valence-electron chi connectivity index (χ1n) is 8.86. The average Bonchev–Trinajstić information content (AvgIpc) is 3.10. The van der Waals surface area contributed by atoms with E-state index in [4.69, 9.17) is 0 Å². The topological polar surface area (TPSA) is 56.7 Å². The molecule has 3 aromatic rings.